The summed E-state index contributed by atoms with van der Waals surface area (Å²) in [5.74, 6) is -0.908. The first-order valence-corrected chi connectivity index (χ1v) is 9.05. The van der Waals surface area contributed by atoms with Crippen LogP contribution in [0.5, 0.6) is 0 Å². The Kier molecular flexibility index (Phi) is 3.01. The predicted octanol–water partition coefficient (Wildman–Crippen LogP) is 4.66. The molecular weight excluding hydrogens is 382 g/mol. The van der Waals surface area contributed by atoms with E-state index in [2.05, 4.69) is 10.3 Å². The third kappa shape index (κ3) is 6.69. The van der Waals surface area contributed by atoms with E-state index in [1.54, 1.807) is 0 Å². The van der Waals surface area contributed by atoms with Crippen LogP contribution < -0.4 is 11.1 Å². The molecule has 2 aromatic carbocycles. The molecule has 0 saturated carbocycles. The van der Waals surface area contributed by atoms with Crippen LogP contribution in [0.3, 0.4) is 0 Å². The zero-order valence-corrected chi connectivity index (χ0v) is 16.0. The molecule has 0 unspecified atom stereocenters. The molecule has 3 rings (SSSR count). The molecule has 0 aliphatic heterocycles. The Bertz CT molecular complexity index is 1630. The van der Waals surface area contributed by atoms with Crippen molar-refractivity contribution in [3.8, 4) is 0 Å². The van der Waals surface area contributed by atoms with Gasteiger partial charge in [0.05, 0.1) is 31.9 Å². The van der Waals surface area contributed by atoms with Crippen LogP contribution in [-0.4, -0.2) is 16.0 Å². The van der Waals surface area contributed by atoms with Gasteiger partial charge in [0.25, 0.3) is 0 Å². The summed E-state index contributed by atoms with van der Waals surface area (Å²) in [5.41, 5.74) is 2.36. The molecule has 4 N–H and O–H groups in total. The third-order valence-electron chi connectivity index (χ3n) is 3.28. The molecule has 0 fully saturated rings. The fraction of sp³-hybridized carbons (Fsp3) is 0.304. The normalized spacial score (nSPS) is 22.4. The first-order chi connectivity index (χ1) is 20.3. The molecule has 0 spiro atoms. The number of aromatic nitrogens is 1. The molecule has 1 amide bonds. The highest BCUT2D eigenvalue weighted by atomic mass is 32.1. The number of carbonyl (C=O) groups excluding carboxylic acids is 1. The maximum Gasteiger partial charge on any atom is 0.230 e. The topological polar surface area (TPSA) is 88.2 Å². The van der Waals surface area contributed by atoms with E-state index in [9.17, 15) is 9.90 Å². The summed E-state index contributed by atoms with van der Waals surface area (Å²) in [6, 6.07) is -7.51. The highest BCUT2D eigenvalue weighted by Gasteiger charge is 2.08. The molecule has 6 heteroatoms. The predicted molar refractivity (Wildman–Crippen MR) is 119 cm³/mol. The van der Waals surface area contributed by atoms with E-state index < -0.39 is 109 Å². The Morgan fingerprint density at radius 2 is 2.03 bits per heavy atom. The lowest BCUT2D eigenvalue weighted by atomic mass is 10.0. The average molecular weight is 426 g/mol. The Labute approximate surface area is 198 Å². The number of aliphatic hydroxyl groups is 1. The minimum absolute atomic E-state index is 0.0163. The van der Waals surface area contributed by atoms with Gasteiger partial charge in [-0.05, 0) is 49.3 Å². The smallest absolute Gasteiger partial charge is 0.230 e. The molecule has 0 saturated heterocycles. The summed E-state index contributed by atoms with van der Waals surface area (Å²) in [5, 5.41) is 13.0. The summed E-state index contributed by atoms with van der Waals surface area (Å²) in [7, 11) is 0. The number of nitrogen functional groups attached to an aromatic ring is 1. The quantitative estimate of drug-likeness (QED) is 0.465. The lowest BCUT2D eigenvalue weighted by Gasteiger charge is -2.11. The number of nitrogens with zero attached hydrogens (tertiary/aromatic N) is 1. The fourth-order valence-electron chi connectivity index (χ4n) is 1.98. The van der Waals surface area contributed by atoms with Gasteiger partial charge in [-0.3, -0.25) is 4.79 Å². The van der Waals surface area contributed by atoms with E-state index >= 15 is 0 Å². The second-order valence-electron chi connectivity index (χ2n) is 5.58. The molecule has 5 nitrogen and oxygen atoms in total. The molecule has 3 aromatic rings. The van der Waals surface area contributed by atoms with Crippen LogP contribution in [0.2, 0.25) is 0 Å². The molecular formula is C23H27N3O2S. The van der Waals surface area contributed by atoms with Crippen molar-refractivity contribution in [1.29, 1.82) is 0 Å². The van der Waals surface area contributed by atoms with Crippen LogP contribution in [0.15, 0.2) is 53.7 Å². The van der Waals surface area contributed by atoms with Gasteiger partial charge in [-0.1, -0.05) is 48.2 Å². The largest absolute Gasteiger partial charge is 0.388 e. The van der Waals surface area contributed by atoms with Crippen LogP contribution >= 0.6 is 11.3 Å². The highest BCUT2D eigenvalue weighted by molar-refractivity contribution is 7.13. The Hall–Kier alpha value is -2.70. The maximum absolute atomic E-state index is 12.6. The van der Waals surface area contributed by atoms with Gasteiger partial charge in [0.1, 0.15) is 0 Å². The molecule has 152 valence electrons. The van der Waals surface area contributed by atoms with E-state index in [0.717, 1.165) is 11.3 Å². The van der Waals surface area contributed by atoms with Gasteiger partial charge in [0, 0.05) is 19.3 Å². The van der Waals surface area contributed by atoms with E-state index in [1.807, 2.05) is 0 Å². The zero-order chi connectivity index (χ0) is 34.8. The van der Waals surface area contributed by atoms with Gasteiger partial charge in [-0.25, -0.2) is 4.98 Å². The van der Waals surface area contributed by atoms with Gasteiger partial charge in [-0.15, -0.1) is 11.3 Å². The average Bonchev–Trinajstić information content (AvgIpc) is 3.22. The molecule has 0 aliphatic rings. The minimum atomic E-state index is -3.66. The third-order valence-corrected chi connectivity index (χ3v) is 3.92. The van der Waals surface area contributed by atoms with E-state index in [4.69, 9.17) is 27.7 Å². The number of nitrogens with two attached hydrogens (primary N) is 1. The van der Waals surface area contributed by atoms with Gasteiger partial charge >= 0.3 is 0 Å². The number of rotatable bonds is 9. The number of carbonyl (C=O) groups is 1. The van der Waals surface area contributed by atoms with Crippen LogP contribution in [0.4, 0.5) is 10.8 Å². The van der Waals surface area contributed by atoms with E-state index in [0.29, 0.717) is 0 Å². The van der Waals surface area contributed by atoms with Crippen LogP contribution in [-0.2, 0) is 17.6 Å². The number of nitrogens with one attached hydrogen (secondary N) is 1. The molecule has 1 atom stereocenters. The number of hydrogen-bond donors (Lipinski definition) is 3. The lowest BCUT2D eigenvalue weighted by molar-refractivity contribution is -0.115. The number of amides is 1. The van der Waals surface area contributed by atoms with Crippen molar-refractivity contribution in [2.75, 3.05) is 11.1 Å². The van der Waals surface area contributed by atoms with Crippen molar-refractivity contribution in [1.82, 2.24) is 4.98 Å². The number of benzene rings is 2. The Morgan fingerprint density at radius 1 is 1.31 bits per heavy atom. The van der Waals surface area contributed by atoms with Gasteiger partial charge in [-0.2, -0.15) is 0 Å². The van der Waals surface area contributed by atoms with Gasteiger partial charge < -0.3 is 16.2 Å². The molecule has 0 bridgehead atoms. The second kappa shape index (κ2) is 10.2. The van der Waals surface area contributed by atoms with Gasteiger partial charge in [0.2, 0.25) is 5.91 Å². The van der Waals surface area contributed by atoms with Crippen LogP contribution in [0.1, 0.15) is 69.6 Å². The summed E-state index contributed by atoms with van der Waals surface area (Å²) >= 11 is 0.795. The Balaban J connectivity index is 2.04. The molecule has 0 aliphatic carbocycles. The summed E-state index contributed by atoms with van der Waals surface area (Å²) < 4.78 is 132. The SMILES string of the molecule is [2H]c1sc(N)nc1CC(=O)Nc1c([2H])c([2H])c(C([2H])([2H])C([2H])([2H])CC([2H])([2H])[C@]([2H])(O)c2c([2H])c([2H])c(C)c([2H])c2[2H])c([2H])c1[2H]. The molecule has 1 aromatic heterocycles. The lowest BCUT2D eigenvalue weighted by Crippen LogP contribution is -2.14. The van der Waals surface area contributed by atoms with Crippen molar-refractivity contribution in [2.24, 2.45) is 0 Å². The Morgan fingerprint density at radius 3 is 2.69 bits per heavy atom. The first kappa shape index (κ1) is 8.58. The summed E-state index contributed by atoms with van der Waals surface area (Å²) in [4.78, 5) is 16.4. The highest BCUT2D eigenvalue weighted by Crippen LogP contribution is 2.21. The summed E-state index contributed by atoms with van der Waals surface area (Å²) in [6.45, 7) is 1.23. The molecule has 0 radical (unpaired) electrons. The molecule has 1 heterocycles. The van der Waals surface area contributed by atoms with Gasteiger partial charge in [0.15, 0.2) is 5.13 Å². The minimum Gasteiger partial charge on any atom is -0.388 e. The van der Waals surface area contributed by atoms with Crippen LogP contribution in [0.25, 0.3) is 0 Å². The van der Waals surface area contributed by atoms with Crippen molar-refractivity contribution in [3.05, 3.63) is 76.1 Å². The maximum atomic E-state index is 12.6. The first-order valence-electron chi connectivity index (χ1n) is 16.2. The van der Waals surface area contributed by atoms with E-state index in [-0.39, 0.29) is 21.7 Å². The summed E-state index contributed by atoms with van der Waals surface area (Å²) in [6.07, 6.45) is -16.4. The molecule has 29 heavy (non-hydrogen) atoms. The van der Waals surface area contributed by atoms with Crippen molar-refractivity contribution in [2.45, 2.75) is 45.0 Å². The fourth-order valence-corrected chi connectivity index (χ4v) is 2.48. The van der Waals surface area contributed by atoms with Crippen molar-refractivity contribution < 1.29 is 31.8 Å². The monoisotopic (exact) mass is 425 g/mol. The van der Waals surface area contributed by atoms with Crippen LogP contribution in [0, 0.1) is 6.92 Å². The number of hydrogen-bond acceptors (Lipinski definition) is 5. The standard InChI is InChI=1S/C23H27N3O2S/c1-16-6-10-18(11-7-16)21(27)5-3-2-4-17-8-12-19(13-9-17)25-22(28)14-20-15-29-23(24)26-20/h6-13,15,21,27H,2-5,14H2,1H3,(H2,24,26)(H,25,28)/t21-/m0/s1/i2D2,4D2,5D2,6D,7D,8D,9D,10D,11D,12D,13D,15D,21D. The van der Waals surface area contributed by atoms with E-state index in [1.165, 1.54) is 6.92 Å². The van der Waals surface area contributed by atoms with Crippen molar-refractivity contribution >= 4 is 28.1 Å². The number of thiazole rings is 1. The van der Waals surface area contributed by atoms with Crippen molar-refractivity contribution in [3.63, 3.8) is 0 Å². The second-order valence-corrected chi connectivity index (χ2v) is 6.41. The number of anilines is 2. The zero-order valence-electron chi connectivity index (χ0n) is 31.2.